The Kier molecular flexibility index (Phi) is 3.78. The highest BCUT2D eigenvalue weighted by atomic mass is 19.4. The molecule has 3 fully saturated rings. The maximum Gasteiger partial charge on any atom is 0.411 e. The average Bonchev–Trinajstić information content (AvgIpc) is 3.04. The second kappa shape index (κ2) is 5.40. The van der Waals surface area contributed by atoms with Gasteiger partial charge >= 0.3 is 6.18 Å². The van der Waals surface area contributed by atoms with Crippen LogP contribution in [0.1, 0.15) is 24.5 Å². The molecular formula is C16H18F3NO3. The van der Waals surface area contributed by atoms with Gasteiger partial charge in [0.05, 0.1) is 7.11 Å². The minimum Gasteiger partial charge on any atom is -0.497 e. The van der Waals surface area contributed by atoms with Crippen molar-refractivity contribution in [3.05, 3.63) is 29.8 Å². The zero-order valence-corrected chi connectivity index (χ0v) is 12.9. The molecular weight excluding hydrogens is 311 g/mol. The number of carbonyl (C=O) groups is 1. The van der Waals surface area contributed by atoms with Crippen LogP contribution in [-0.2, 0) is 9.53 Å². The molecule has 0 aromatic heterocycles. The topological polar surface area (TPSA) is 38.8 Å². The summed E-state index contributed by atoms with van der Waals surface area (Å²) in [4.78, 5) is 13.7. The van der Waals surface area contributed by atoms with E-state index in [0.29, 0.717) is 11.3 Å². The van der Waals surface area contributed by atoms with Crippen LogP contribution in [0.15, 0.2) is 24.3 Å². The molecule has 7 heteroatoms. The molecule has 0 N–H and O–H groups in total. The fourth-order valence-corrected chi connectivity index (χ4v) is 3.69. The zero-order valence-electron chi connectivity index (χ0n) is 12.9. The Morgan fingerprint density at radius 1 is 1.35 bits per heavy atom. The fraction of sp³-hybridized carbons (Fsp3) is 0.562. The highest BCUT2D eigenvalue weighted by Crippen LogP contribution is 2.59. The van der Waals surface area contributed by atoms with E-state index in [9.17, 15) is 18.0 Å². The minimum absolute atomic E-state index is 0.00319. The lowest BCUT2D eigenvalue weighted by Crippen LogP contribution is -2.59. The summed E-state index contributed by atoms with van der Waals surface area (Å²) in [7, 11) is 2.80. The van der Waals surface area contributed by atoms with Gasteiger partial charge in [-0.15, -0.1) is 0 Å². The summed E-state index contributed by atoms with van der Waals surface area (Å²) >= 11 is 0. The molecule has 1 saturated carbocycles. The van der Waals surface area contributed by atoms with Crippen molar-refractivity contribution >= 4 is 5.91 Å². The Labute approximate surface area is 132 Å². The van der Waals surface area contributed by atoms with Gasteiger partial charge in [0.2, 0.25) is 0 Å². The van der Waals surface area contributed by atoms with E-state index in [2.05, 4.69) is 0 Å². The first kappa shape index (κ1) is 16.1. The van der Waals surface area contributed by atoms with Gasteiger partial charge in [-0.1, -0.05) is 12.1 Å². The smallest absolute Gasteiger partial charge is 0.411 e. The predicted molar refractivity (Wildman–Crippen MR) is 76.0 cm³/mol. The van der Waals surface area contributed by atoms with Gasteiger partial charge in [-0.05, 0) is 36.5 Å². The van der Waals surface area contributed by atoms with Crippen LogP contribution in [0, 0.1) is 5.92 Å². The lowest BCUT2D eigenvalue weighted by molar-refractivity contribution is -0.238. The molecule has 126 valence electrons. The molecule has 2 bridgehead atoms. The SMILES string of the molecule is COc1cccc(C(OC)C(=O)N2CC3CC2(C(F)(F)F)C3)c1. The first-order valence-corrected chi connectivity index (χ1v) is 7.37. The highest BCUT2D eigenvalue weighted by Gasteiger charge is 2.71. The van der Waals surface area contributed by atoms with Gasteiger partial charge in [0.1, 0.15) is 11.3 Å². The van der Waals surface area contributed by atoms with E-state index in [0.717, 1.165) is 4.90 Å². The van der Waals surface area contributed by atoms with Gasteiger partial charge in [-0.3, -0.25) is 4.79 Å². The van der Waals surface area contributed by atoms with Crippen molar-refractivity contribution in [2.75, 3.05) is 20.8 Å². The Balaban J connectivity index is 1.89. The molecule has 1 atom stereocenters. The second-order valence-electron chi connectivity index (χ2n) is 6.14. The van der Waals surface area contributed by atoms with Crippen molar-refractivity contribution in [2.24, 2.45) is 5.92 Å². The summed E-state index contributed by atoms with van der Waals surface area (Å²) in [5.74, 6) is -0.185. The molecule has 2 aliphatic heterocycles. The van der Waals surface area contributed by atoms with Gasteiger partial charge in [0.25, 0.3) is 5.91 Å². The van der Waals surface area contributed by atoms with Gasteiger partial charge < -0.3 is 14.4 Å². The first-order valence-electron chi connectivity index (χ1n) is 7.37. The maximum atomic E-state index is 13.4. The van der Waals surface area contributed by atoms with Crippen LogP contribution in [-0.4, -0.2) is 43.3 Å². The number of fused-ring (bicyclic) bond motifs is 1. The first-order chi connectivity index (χ1) is 10.8. The Morgan fingerprint density at radius 3 is 2.61 bits per heavy atom. The molecule has 1 aliphatic carbocycles. The molecule has 0 radical (unpaired) electrons. The predicted octanol–water partition coefficient (Wildman–Crippen LogP) is 2.94. The Hall–Kier alpha value is -1.76. The van der Waals surface area contributed by atoms with E-state index in [1.807, 2.05) is 0 Å². The number of ether oxygens (including phenoxy) is 2. The van der Waals surface area contributed by atoms with Crippen molar-refractivity contribution in [2.45, 2.75) is 30.7 Å². The summed E-state index contributed by atoms with van der Waals surface area (Å²) in [6.45, 7) is 0.141. The van der Waals surface area contributed by atoms with Crippen LogP contribution in [0.25, 0.3) is 0 Å². The minimum atomic E-state index is -4.41. The average molecular weight is 329 g/mol. The number of amides is 1. The van der Waals surface area contributed by atoms with E-state index in [1.165, 1.54) is 14.2 Å². The number of alkyl halides is 3. The number of benzene rings is 1. The number of halogens is 3. The molecule has 3 aliphatic rings. The number of methoxy groups -OCH3 is 2. The number of hydrogen-bond donors (Lipinski definition) is 0. The maximum absolute atomic E-state index is 13.4. The van der Waals surface area contributed by atoms with Crippen LogP contribution in [0.2, 0.25) is 0 Å². The molecule has 1 unspecified atom stereocenters. The van der Waals surface area contributed by atoms with Gasteiger partial charge in [-0.25, -0.2) is 0 Å². The van der Waals surface area contributed by atoms with Crippen LogP contribution >= 0.6 is 0 Å². The van der Waals surface area contributed by atoms with Crippen LogP contribution in [0.3, 0.4) is 0 Å². The summed E-state index contributed by atoms with van der Waals surface area (Å²) in [5, 5.41) is 0. The van der Waals surface area contributed by atoms with Gasteiger partial charge in [0, 0.05) is 13.7 Å². The van der Waals surface area contributed by atoms with Crippen molar-refractivity contribution in [3.8, 4) is 5.75 Å². The standard InChI is InChI=1S/C16H18F3NO3/c1-22-12-5-3-4-11(6-12)13(23-2)14(21)20-9-10-7-15(20,8-10)16(17,18)19/h3-6,10,13H,7-9H2,1-2H3. The molecule has 1 aromatic carbocycles. The highest BCUT2D eigenvalue weighted by molar-refractivity contribution is 5.84. The molecule has 1 amide bonds. The molecule has 2 saturated heterocycles. The van der Waals surface area contributed by atoms with Crippen molar-refractivity contribution < 1.29 is 27.4 Å². The third kappa shape index (κ3) is 2.38. The van der Waals surface area contributed by atoms with Gasteiger partial charge in [-0.2, -0.15) is 13.2 Å². The zero-order chi connectivity index (χ0) is 16.8. The van der Waals surface area contributed by atoms with Crippen molar-refractivity contribution in [3.63, 3.8) is 0 Å². The van der Waals surface area contributed by atoms with E-state index >= 15 is 0 Å². The van der Waals surface area contributed by atoms with E-state index < -0.39 is 23.7 Å². The van der Waals surface area contributed by atoms with Gasteiger partial charge in [0.15, 0.2) is 6.10 Å². The molecule has 4 nitrogen and oxygen atoms in total. The van der Waals surface area contributed by atoms with Crippen LogP contribution in [0.5, 0.6) is 5.75 Å². The quantitative estimate of drug-likeness (QED) is 0.852. The van der Waals surface area contributed by atoms with Crippen LogP contribution < -0.4 is 4.74 Å². The molecule has 4 rings (SSSR count). The third-order valence-corrected chi connectivity index (χ3v) is 4.86. The Morgan fingerprint density at radius 2 is 2.04 bits per heavy atom. The summed E-state index contributed by atoms with van der Waals surface area (Å²) in [6.07, 6.45) is -5.49. The lowest BCUT2D eigenvalue weighted by atomic mass is 9.72. The van der Waals surface area contributed by atoms with Crippen molar-refractivity contribution in [1.29, 1.82) is 0 Å². The van der Waals surface area contributed by atoms with Crippen LogP contribution in [0.4, 0.5) is 13.2 Å². The number of rotatable bonds is 4. The summed E-state index contributed by atoms with van der Waals surface area (Å²) in [6, 6.07) is 6.63. The van der Waals surface area contributed by atoms with E-state index in [-0.39, 0.29) is 25.3 Å². The summed E-state index contributed by atoms with van der Waals surface area (Å²) in [5.41, 5.74) is -1.53. The monoisotopic (exact) mass is 329 g/mol. The van der Waals surface area contributed by atoms with E-state index in [4.69, 9.17) is 9.47 Å². The number of carbonyl (C=O) groups excluding carboxylic acids is 1. The molecule has 1 aromatic rings. The largest absolute Gasteiger partial charge is 0.497 e. The second-order valence-corrected chi connectivity index (χ2v) is 6.14. The summed E-state index contributed by atoms with van der Waals surface area (Å²) < 4.78 is 50.6. The number of nitrogens with zero attached hydrogens (tertiary/aromatic N) is 1. The third-order valence-electron chi connectivity index (χ3n) is 4.86. The number of hydrogen-bond acceptors (Lipinski definition) is 3. The normalized spacial score (nSPS) is 27.5. The molecule has 2 heterocycles. The molecule has 0 spiro atoms. The Bertz CT molecular complexity index is 611. The van der Waals surface area contributed by atoms with Crippen molar-refractivity contribution in [1.82, 2.24) is 4.90 Å². The fourth-order valence-electron chi connectivity index (χ4n) is 3.69. The molecule has 23 heavy (non-hydrogen) atoms. The lowest BCUT2D eigenvalue weighted by Gasteiger charge is -2.43. The van der Waals surface area contributed by atoms with E-state index in [1.54, 1.807) is 24.3 Å².